The molecule has 2 saturated carbocycles. The summed E-state index contributed by atoms with van der Waals surface area (Å²) in [4.78, 5) is 0. The van der Waals surface area contributed by atoms with Gasteiger partial charge in [-0.1, -0.05) is 38.5 Å². The summed E-state index contributed by atoms with van der Waals surface area (Å²) in [6, 6.07) is 0.355. The van der Waals surface area contributed by atoms with Gasteiger partial charge < -0.3 is 4.74 Å². The molecule has 0 aromatic heterocycles. The monoisotopic (exact) mass is 240 g/mol. The molecule has 3 N–H and O–H groups in total. The van der Waals surface area contributed by atoms with Gasteiger partial charge >= 0.3 is 0 Å². The highest BCUT2D eigenvalue weighted by Crippen LogP contribution is 2.40. The van der Waals surface area contributed by atoms with Crippen molar-refractivity contribution in [2.75, 3.05) is 7.11 Å². The van der Waals surface area contributed by atoms with Crippen LogP contribution in [0.1, 0.15) is 64.2 Å². The van der Waals surface area contributed by atoms with Crippen LogP contribution in [-0.4, -0.2) is 18.8 Å². The normalized spacial score (nSPS) is 27.9. The average molecular weight is 240 g/mol. The minimum Gasteiger partial charge on any atom is -0.377 e. The molecule has 0 saturated heterocycles. The predicted molar refractivity (Wildman–Crippen MR) is 70.5 cm³/mol. The number of hydrogen-bond acceptors (Lipinski definition) is 3. The third-order valence-corrected chi connectivity index (χ3v) is 4.97. The molecule has 0 bridgehead atoms. The fourth-order valence-electron chi connectivity index (χ4n) is 3.98. The second kappa shape index (κ2) is 6.17. The molecule has 3 heteroatoms. The zero-order valence-electron chi connectivity index (χ0n) is 11.2. The summed E-state index contributed by atoms with van der Waals surface area (Å²) in [5.74, 6) is 6.59. The third-order valence-electron chi connectivity index (χ3n) is 4.97. The molecule has 0 aromatic rings. The largest absolute Gasteiger partial charge is 0.377 e. The fraction of sp³-hybridized carbons (Fsp3) is 1.00. The molecule has 0 heterocycles. The average Bonchev–Trinajstić information content (AvgIpc) is 2.76. The predicted octanol–water partition coefficient (Wildman–Crippen LogP) is 2.75. The molecule has 0 aliphatic heterocycles. The molecule has 0 radical (unpaired) electrons. The minimum absolute atomic E-state index is 0.000255. The van der Waals surface area contributed by atoms with Gasteiger partial charge in [-0.2, -0.15) is 0 Å². The van der Waals surface area contributed by atoms with Crippen LogP contribution >= 0.6 is 0 Å². The summed E-state index contributed by atoms with van der Waals surface area (Å²) in [5.41, 5.74) is 3.11. The van der Waals surface area contributed by atoms with E-state index in [4.69, 9.17) is 10.6 Å². The first kappa shape index (κ1) is 13.3. The van der Waals surface area contributed by atoms with E-state index >= 15 is 0 Å². The maximum Gasteiger partial charge on any atom is 0.0847 e. The number of ether oxygens (including phenoxy) is 1. The first-order chi connectivity index (χ1) is 8.32. The van der Waals surface area contributed by atoms with E-state index in [1.165, 1.54) is 64.2 Å². The SMILES string of the molecule is COC1(C(NN)C2CCCC2)CCCCCC1. The van der Waals surface area contributed by atoms with E-state index in [-0.39, 0.29) is 5.60 Å². The minimum atomic E-state index is 0.000255. The van der Waals surface area contributed by atoms with Crippen LogP contribution in [0.5, 0.6) is 0 Å². The molecule has 2 fully saturated rings. The molecule has 2 aliphatic carbocycles. The molecule has 1 unspecified atom stereocenters. The van der Waals surface area contributed by atoms with E-state index in [0.29, 0.717) is 6.04 Å². The fourth-order valence-corrected chi connectivity index (χ4v) is 3.98. The molecule has 2 rings (SSSR count). The van der Waals surface area contributed by atoms with Crippen molar-refractivity contribution >= 4 is 0 Å². The molecule has 0 amide bonds. The summed E-state index contributed by atoms with van der Waals surface area (Å²) >= 11 is 0. The molecule has 3 nitrogen and oxygen atoms in total. The van der Waals surface area contributed by atoms with Gasteiger partial charge in [0.05, 0.1) is 11.6 Å². The quantitative estimate of drug-likeness (QED) is 0.451. The van der Waals surface area contributed by atoms with Gasteiger partial charge in [-0.25, -0.2) is 0 Å². The molecule has 1 atom stereocenters. The second-order valence-electron chi connectivity index (χ2n) is 5.87. The summed E-state index contributed by atoms with van der Waals surface area (Å²) in [6.45, 7) is 0. The molecule has 0 spiro atoms. The van der Waals surface area contributed by atoms with E-state index in [1.54, 1.807) is 0 Å². The van der Waals surface area contributed by atoms with Gasteiger partial charge in [-0.15, -0.1) is 0 Å². The maximum atomic E-state index is 5.98. The highest BCUT2D eigenvalue weighted by atomic mass is 16.5. The van der Waals surface area contributed by atoms with E-state index in [2.05, 4.69) is 5.43 Å². The van der Waals surface area contributed by atoms with Crippen molar-refractivity contribution in [3.05, 3.63) is 0 Å². The van der Waals surface area contributed by atoms with Crippen LogP contribution in [0, 0.1) is 5.92 Å². The van der Waals surface area contributed by atoms with E-state index < -0.39 is 0 Å². The summed E-state index contributed by atoms with van der Waals surface area (Å²) in [5, 5.41) is 0. The van der Waals surface area contributed by atoms with E-state index in [1.807, 2.05) is 7.11 Å². The third kappa shape index (κ3) is 2.83. The molecule has 17 heavy (non-hydrogen) atoms. The van der Waals surface area contributed by atoms with Crippen LogP contribution in [0.4, 0.5) is 0 Å². The molecule has 100 valence electrons. The first-order valence-corrected chi connectivity index (χ1v) is 7.34. The lowest BCUT2D eigenvalue weighted by atomic mass is 9.78. The molecular weight excluding hydrogens is 212 g/mol. The molecular formula is C14H28N2O. The second-order valence-corrected chi connectivity index (χ2v) is 5.87. The van der Waals surface area contributed by atoms with Gasteiger partial charge in [-0.3, -0.25) is 11.3 Å². The van der Waals surface area contributed by atoms with Crippen LogP contribution in [0.25, 0.3) is 0 Å². The maximum absolute atomic E-state index is 5.98. The highest BCUT2D eigenvalue weighted by molar-refractivity contribution is 4.98. The van der Waals surface area contributed by atoms with Gasteiger partial charge in [0.15, 0.2) is 0 Å². The van der Waals surface area contributed by atoms with Crippen molar-refractivity contribution < 1.29 is 4.74 Å². The van der Waals surface area contributed by atoms with E-state index in [9.17, 15) is 0 Å². The zero-order chi connectivity index (χ0) is 12.1. The van der Waals surface area contributed by atoms with Crippen LogP contribution in [-0.2, 0) is 4.74 Å². The van der Waals surface area contributed by atoms with Gasteiger partial charge in [0, 0.05) is 7.11 Å². The number of rotatable bonds is 4. The van der Waals surface area contributed by atoms with Crippen molar-refractivity contribution in [3.63, 3.8) is 0 Å². The lowest BCUT2D eigenvalue weighted by Gasteiger charge is -2.42. The van der Waals surface area contributed by atoms with Crippen molar-refractivity contribution in [3.8, 4) is 0 Å². The summed E-state index contributed by atoms with van der Waals surface area (Å²) < 4.78 is 5.98. The Morgan fingerprint density at radius 2 is 1.65 bits per heavy atom. The number of hydrazine groups is 1. The van der Waals surface area contributed by atoms with Crippen molar-refractivity contribution in [2.45, 2.75) is 75.9 Å². The van der Waals surface area contributed by atoms with Gasteiger partial charge in [0.25, 0.3) is 0 Å². The Morgan fingerprint density at radius 3 is 2.12 bits per heavy atom. The summed E-state index contributed by atoms with van der Waals surface area (Å²) in [7, 11) is 1.88. The lowest BCUT2D eigenvalue weighted by molar-refractivity contribution is -0.0675. The van der Waals surface area contributed by atoms with Crippen molar-refractivity contribution in [2.24, 2.45) is 11.8 Å². The molecule has 2 aliphatic rings. The Hall–Kier alpha value is -0.120. The lowest BCUT2D eigenvalue weighted by Crippen LogP contribution is -2.57. The van der Waals surface area contributed by atoms with Crippen molar-refractivity contribution in [1.82, 2.24) is 5.43 Å². The number of nitrogens with one attached hydrogen (secondary N) is 1. The van der Waals surface area contributed by atoms with Gasteiger partial charge in [0.2, 0.25) is 0 Å². The standard InChI is InChI=1S/C14H28N2O/c1-17-14(10-6-2-3-7-11-14)13(16-15)12-8-4-5-9-12/h12-13,16H,2-11,15H2,1H3. The van der Waals surface area contributed by atoms with Gasteiger partial charge in [-0.05, 0) is 31.6 Å². The number of hydrogen-bond donors (Lipinski definition) is 2. The van der Waals surface area contributed by atoms with E-state index in [0.717, 1.165) is 5.92 Å². The smallest absolute Gasteiger partial charge is 0.0847 e. The number of methoxy groups -OCH3 is 1. The Bertz CT molecular complexity index is 218. The summed E-state index contributed by atoms with van der Waals surface area (Å²) in [6.07, 6.45) is 13.0. The van der Waals surface area contributed by atoms with Gasteiger partial charge in [0.1, 0.15) is 0 Å². The number of nitrogens with two attached hydrogens (primary N) is 1. The van der Waals surface area contributed by atoms with Crippen LogP contribution in [0.15, 0.2) is 0 Å². The Balaban J connectivity index is 2.11. The van der Waals surface area contributed by atoms with Crippen molar-refractivity contribution in [1.29, 1.82) is 0 Å². The Labute approximate surface area is 105 Å². The van der Waals surface area contributed by atoms with Crippen LogP contribution in [0.2, 0.25) is 0 Å². The van der Waals surface area contributed by atoms with Crippen LogP contribution < -0.4 is 11.3 Å². The highest BCUT2D eigenvalue weighted by Gasteiger charge is 2.43. The Kier molecular flexibility index (Phi) is 4.83. The zero-order valence-corrected chi connectivity index (χ0v) is 11.2. The Morgan fingerprint density at radius 1 is 1.06 bits per heavy atom. The topological polar surface area (TPSA) is 47.3 Å². The van der Waals surface area contributed by atoms with Crippen LogP contribution in [0.3, 0.4) is 0 Å². The molecule has 0 aromatic carbocycles. The first-order valence-electron chi connectivity index (χ1n) is 7.34.